The van der Waals surface area contributed by atoms with Crippen LogP contribution in [0.3, 0.4) is 0 Å². The van der Waals surface area contributed by atoms with E-state index in [0.717, 1.165) is 0 Å². The zero-order valence-corrected chi connectivity index (χ0v) is 16.2. The van der Waals surface area contributed by atoms with Gasteiger partial charge in [-0.15, -0.1) is 0 Å². The molecule has 0 radical (unpaired) electrons. The average Bonchev–Trinajstić information content (AvgIpc) is 3.16. The lowest BCUT2D eigenvalue weighted by atomic mass is 10.2. The van der Waals surface area contributed by atoms with Crippen LogP contribution < -0.4 is 4.74 Å². The standard InChI is InChI=1S/C19H16F3N3O4S/c20-19(21,22)18-23-17(24-29-18)14-6-8-15(9-7-14)28-16-10-25(11-16)30(26,27)12-13-4-2-1-3-5-13/h1-9,16H,10-12H2. The van der Waals surface area contributed by atoms with Crippen molar-refractivity contribution in [1.29, 1.82) is 0 Å². The summed E-state index contributed by atoms with van der Waals surface area (Å²) in [6, 6.07) is 15.0. The van der Waals surface area contributed by atoms with Gasteiger partial charge in [-0.2, -0.15) is 22.5 Å². The van der Waals surface area contributed by atoms with E-state index >= 15 is 0 Å². The van der Waals surface area contributed by atoms with E-state index in [4.69, 9.17) is 4.74 Å². The smallest absolute Gasteiger partial charge is 0.471 e. The maximum absolute atomic E-state index is 12.5. The number of rotatable bonds is 6. The largest absolute Gasteiger partial charge is 0.488 e. The number of aromatic nitrogens is 2. The summed E-state index contributed by atoms with van der Waals surface area (Å²) >= 11 is 0. The van der Waals surface area contributed by atoms with Crippen LogP contribution in [-0.2, 0) is 22.0 Å². The van der Waals surface area contributed by atoms with Crippen molar-refractivity contribution < 1.29 is 30.8 Å². The maximum atomic E-state index is 12.5. The molecule has 1 saturated heterocycles. The Hall–Kier alpha value is -2.92. The zero-order valence-electron chi connectivity index (χ0n) is 15.4. The highest BCUT2D eigenvalue weighted by molar-refractivity contribution is 7.88. The van der Waals surface area contributed by atoms with Crippen molar-refractivity contribution in [3.63, 3.8) is 0 Å². The lowest BCUT2D eigenvalue weighted by Gasteiger charge is -2.37. The summed E-state index contributed by atoms with van der Waals surface area (Å²) < 4.78 is 73.8. The fourth-order valence-electron chi connectivity index (χ4n) is 2.91. The molecule has 1 aliphatic rings. The van der Waals surface area contributed by atoms with Crippen molar-refractivity contribution in [2.75, 3.05) is 13.1 Å². The van der Waals surface area contributed by atoms with Crippen LogP contribution in [-0.4, -0.2) is 42.1 Å². The molecule has 0 amide bonds. The van der Waals surface area contributed by atoms with Crippen LogP contribution in [0.1, 0.15) is 11.5 Å². The number of benzene rings is 2. The Morgan fingerprint density at radius 2 is 1.73 bits per heavy atom. The van der Waals surface area contributed by atoms with Crippen molar-refractivity contribution in [1.82, 2.24) is 14.4 Å². The van der Waals surface area contributed by atoms with Gasteiger partial charge in [0.1, 0.15) is 11.9 Å². The minimum absolute atomic E-state index is 0.0696. The highest BCUT2D eigenvalue weighted by Gasteiger charge is 2.39. The average molecular weight is 439 g/mol. The van der Waals surface area contributed by atoms with Gasteiger partial charge in [-0.25, -0.2) is 8.42 Å². The first kappa shape index (κ1) is 20.4. The third-order valence-electron chi connectivity index (χ3n) is 4.48. The van der Waals surface area contributed by atoms with Gasteiger partial charge in [0.05, 0.1) is 18.8 Å². The molecule has 0 unspecified atom stereocenters. The van der Waals surface area contributed by atoms with E-state index in [1.807, 2.05) is 6.07 Å². The Labute approximate surface area is 170 Å². The molecule has 2 aromatic carbocycles. The molecule has 1 aliphatic heterocycles. The second-order valence-corrected chi connectivity index (χ2v) is 8.71. The maximum Gasteiger partial charge on any atom is 0.471 e. The minimum Gasteiger partial charge on any atom is -0.488 e. The summed E-state index contributed by atoms with van der Waals surface area (Å²) in [7, 11) is -3.42. The second kappa shape index (κ2) is 7.73. The Bertz CT molecular complexity index is 1110. The van der Waals surface area contributed by atoms with Crippen LogP contribution in [0.2, 0.25) is 0 Å². The molecule has 0 atom stereocenters. The van der Waals surface area contributed by atoms with Gasteiger partial charge in [0, 0.05) is 5.56 Å². The van der Waals surface area contributed by atoms with Crippen LogP contribution in [0.15, 0.2) is 59.1 Å². The molecule has 1 fully saturated rings. The monoisotopic (exact) mass is 439 g/mol. The van der Waals surface area contributed by atoms with Crippen LogP contribution in [0.5, 0.6) is 5.75 Å². The molecule has 2 heterocycles. The molecule has 0 spiro atoms. The third kappa shape index (κ3) is 4.46. The molecular formula is C19H16F3N3O4S. The molecule has 0 saturated carbocycles. The highest BCUT2D eigenvalue weighted by Crippen LogP contribution is 2.30. The molecule has 7 nitrogen and oxygen atoms in total. The first-order valence-electron chi connectivity index (χ1n) is 8.90. The molecule has 3 aromatic rings. The highest BCUT2D eigenvalue weighted by atomic mass is 32.2. The lowest BCUT2D eigenvalue weighted by Crippen LogP contribution is -2.56. The van der Waals surface area contributed by atoms with E-state index in [-0.39, 0.29) is 30.8 Å². The summed E-state index contributed by atoms with van der Waals surface area (Å²) in [6.45, 7) is 0.466. The molecule has 1 aromatic heterocycles. The number of sulfonamides is 1. The molecule has 0 N–H and O–H groups in total. The summed E-state index contributed by atoms with van der Waals surface area (Å²) in [5, 5.41) is 3.32. The molecular weight excluding hydrogens is 423 g/mol. The van der Waals surface area contributed by atoms with Gasteiger partial charge in [-0.05, 0) is 29.8 Å². The van der Waals surface area contributed by atoms with E-state index < -0.39 is 22.1 Å². The van der Waals surface area contributed by atoms with Gasteiger partial charge in [0.2, 0.25) is 15.8 Å². The molecule has 30 heavy (non-hydrogen) atoms. The number of alkyl halides is 3. The molecule has 0 aliphatic carbocycles. The number of hydrogen-bond donors (Lipinski definition) is 0. The number of hydrogen-bond acceptors (Lipinski definition) is 6. The summed E-state index contributed by atoms with van der Waals surface area (Å²) in [5.41, 5.74) is 1.05. The van der Waals surface area contributed by atoms with Gasteiger partial charge < -0.3 is 9.26 Å². The lowest BCUT2D eigenvalue weighted by molar-refractivity contribution is -0.159. The Balaban J connectivity index is 1.33. The Kier molecular flexibility index (Phi) is 5.24. The number of halogens is 3. The summed E-state index contributed by atoms with van der Waals surface area (Å²) in [6.07, 6.45) is -5.01. The fraction of sp³-hybridized carbons (Fsp3) is 0.263. The summed E-state index contributed by atoms with van der Waals surface area (Å²) in [4.78, 5) is 3.32. The minimum atomic E-state index is -4.70. The van der Waals surface area contributed by atoms with E-state index in [2.05, 4.69) is 14.7 Å². The van der Waals surface area contributed by atoms with Crippen molar-refractivity contribution in [3.8, 4) is 17.1 Å². The van der Waals surface area contributed by atoms with Crippen LogP contribution >= 0.6 is 0 Å². The van der Waals surface area contributed by atoms with Gasteiger partial charge in [-0.3, -0.25) is 0 Å². The van der Waals surface area contributed by atoms with Crippen molar-refractivity contribution in [2.45, 2.75) is 18.0 Å². The Morgan fingerprint density at radius 1 is 1.07 bits per heavy atom. The first-order chi connectivity index (χ1) is 14.2. The van der Waals surface area contributed by atoms with Crippen LogP contribution in [0.4, 0.5) is 13.2 Å². The van der Waals surface area contributed by atoms with Crippen molar-refractivity contribution >= 4 is 10.0 Å². The predicted octanol–water partition coefficient (Wildman–Crippen LogP) is 3.35. The number of nitrogens with zero attached hydrogens (tertiary/aromatic N) is 3. The molecule has 4 rings (SSSR count). The SMILES string of the molecule is O=S(=O)(Cc1ccccc1)N1CC(Oc2ccc(-c3noc(C(F)(F)F)n3)cc2)C1. The zero-order chi connectivity index (χ0) is 21.4. The van der Waals surface area contributed by atoms with E-state index in [1.165, 1.54) is 16.4 Å². The van der Waals surface area contributed by atoms with E-state index in [9.17, 15) is 21.6 Å². The predicted molar refractivity (Wildman–Crippen MR) is 99.8 cm³/mol. The topological polar surface area (TPSA) is 85.5 Å². The molecule has 158 valence electrons. The van der Waals surface area contributed by atoms with Gasteiger partial charge in [0.15, 0.2) is 0 Å². The fourth-order valence-corrected chi connectivity index (χ4v) is 4.49. The first-order valence-corrected chi connectivity index (χ1v) is 10.5. The second-order valence-electron chi connectivity index (χ2n) is 6.74. The number of ether oxygens (including phenoxy) is 1. The van der Waals surface area contributed by atoms with Gasteiger partial charge >= 0.3 is 12.1 Å². The summed E-state index contributed by atoms with van der Waals surface area (Å²) in [5.74, 6) is -1.21. The van der Waals surface area contributed by atoms with Crippen LogP contribution in [0, 0.1) is 0 Å². The van der Waals surface area contributed by atoms with Gasteiger partial charge in [-0.1, -0.05) is 35.5 Å². The van der Waals surface area contributed by atoms with Crippen molar-refractivity contribution in [2.24, 2.45) is 0 Å². The Morgan fingerprint density at radius 3 is 2.33 bits per heavy atom. The normalized spacial score (nSPS) is 15.7. The quantitative estimate of drug-likeness (QED) is 0.586. The van der Waals surface area contributed by atoms with Crippen LogP contribution in [0.25, 0.3) is 11.4 Å². The molecule has 0 bridgehead atoms. The third-order valence-corrected chi connectivity index (χ3v) is 6.27. The van der Waals surface area contributed by atoms with E-state index in [0.29, 0.717) is 16.9 Å². The molecule has 11 heteroatoms. The van der Waals surface area contributed by atoms with Crippen molar-refractivity contribution in [3.05, 3.63) is 66.1 Å². The van der Waals surface area contributed by atoms with Gasteiger partial charge in [0.25, 0.3) is 0 Å². The van der Waals surface area contributed by atoms with E-state index in [1.54, 1.807) is 36.4 Å².